The van der Waals surface area contributed by atoms with Gasteiger partial charge in [-0.05, 0) is 43.4 Å². The summed E-state index contributed by atoms with van der Waals surface area (Å²) in [5.74, 6) is -0.900. The Bertz CT molecular complexity index is 1140. The number of carbonyl (C=O) groups is 1. The monoisotopic (exact) mass is 456 g/mol. The van der Waals surface area contributed by atoms with Gasteiger partial charge in [-0.3, -0.25) is 4.79 Å². The van der Waals surface area contributed by atoms with E-state index in [2.05, 4.69) is 15.0 Å². The average Bonchev–Trinajstić information content (AvgIpc) is 2.81. The highest BCUT2D eigenvalue weighted by Crippen LogP contribution is 2.39. The van der Waals surface area contributed by atoms with Crippen molar-refractivity contribution < 1.29 is 18.3 Å². The van der Waals surface area contributed by atoms with E-state index in [-0.39, 0.29) is 40.9 Å². The van der Waals surface area contributed by atoms with Gasteiger partial charge in [0.25, 0.3) is 5.91 Å². The largest absolute Gasteiger partial charge is 0.472 e. The molecule has 2 saturated heterocycles. The smallest absolute Gasteiger partial charge is 0.255 e. The van der Waals surface area contributed by atoms with Crippen molar-refractivity contribution in [1.82, 2.24) is 19.9 Å². The molecule has 0 spiro atoms. The lowest BCUT2D eigenvalue weighted by Gasteiger charge is -2.49. The Morgan fingerprint density at radius 1 is 1.06 bits per heavy atom. The standard InChI is InChI=1S/C23H19ClF2N4O2/c24-14-5-7-20(27-9-14)32-19-8-13-4-6-18(19)30(12-13)23(31)16-2-1-3-17(26)21(16)22-28-10-15(25)11-29-22/h1-3,5,7,9-11,13,18-19H,4,6,8,12H2/t13-,18+,19-/m1/s1. The average molecular weight is 457 g/mol. The molecular weight excluding hydrogens is 438 g/mol. The molecule has 32 heavy (non-hydrogen) atoms. The first-order chi connectivity index (χ1) is 15.5. The molecule has 9 heteroatoms. The summed E-state index contributed by atoms with van der Waals surface area (Å²) in [5.41, 5.74) is 0.114. The number of amides is 1. The molecule has 164 valence electrons. The van der Waals surface area contributed by atoms with E-state index in [0.717, 1.165) is 31.7 Å². The lowest BCUT2D eigenvalue weighted by Crippen LogP contribution is -2.59. The predicted molar refractivity (Wildman–Crippen MR) is 113 cm³/mol. The maximum Gasteiger partial charge on any atom is 0.255 e. The van der Waals surface area contributed by atoms with Crippen molar-refractivity contribution in [2.45, 2.75) is 31.4 Å². The van der Waals surface area contributed by atoms with Crippen LogP contribution < -0.4 is 4.74 Å². The zero-order valence-corrected chi connectivity index (χ0v) is 17.7. The Morgan fingerprint density at radius 3 is 2.59 bits per heavy atom. The lowest BCUT2D eigenvalue weighted by molar-refractivity contribution is -0.0313. The molecule has 0 N–H and O–H groups in total. The molecule has 0 unspecified atom stereocenters. The van der Waals surface area contributed by atoms with Crippen molar-refractivity contribution in [3.8, 4) is 17.3 Å². The zero-order chi connectivity index (χ0) is 22.2. The minimum absolute atomic E-state index is 0.0317. The van der Waals surface area contributed by atoms with Crippen LogP contribution in [-0.4, -0.2) is 44.4 Å². The maximum absolute atomic E-state index is 14.8. The molecule has 3 aliphatic rings. The molecule has 6 nitrogen and oxygen atoms in total. The van der Waals surface area contributed by atoms with Gasteiger partial charge in [0.15, 0.2) is 11.6 Å². The van der Waals surface area contributed by atoms with Crippen LogP contribution in [0.15, 0.2) is 48.9 Å². The molecule has 1 saturated carbocycles. The normalized spacial score (nSPS) is 22.1. The van der Waals surface area contributed by atoms with E-state index in [0.29, 0.717) is 17.4 Å². The number of pyridine rings is 1. The molecule has 3 fully saturated rings. The molecule has 2 bridgehead atoms. The summed E-state index contributed by atoms with van der Waals surface area (Å²) < 4.78 is 34.1. The first-order valence-corrected chi connectivity index (χ1v) is 10.7. The molecule has 1 amide bonds. The molecule has 2 aliphatic heterocycles. The molecular formula is C23H19ClF2N4O2. The number of aromatic nitrogens is 3. The van der Waals surface area contributed by atoms with E-state index in [1.165, 1.54) is 18.3 Å². The molecule has 0 radical (unpaired) electrons. The second-order valence-corrected chi connectivity index (χ2v) is 8.50. The second-order valence-electron chi connectivity index (χ2n) is 8.06. The van der Waals surface area contributed by atoms with Gasteiger partial charge >= 0.3 is 0 Å². The van der Waals surface area contributed by atoms with Gasteiger partial charge in [0.2, 0.25) is 5.88 Å². The van der Waals surface area contributed by atoms with Gasteiger partial charge in [0.1, 0.15) is 11.9 Å². The van der Waals surface area contributed by atoms with Crippen LogP contribution in [-0.2, 0) is 0 Å². The van der Waals surface area contributed by atoms with Crippen LogP contribution in [0.3, 0.4) is 0 Å². The summed E-state index contributed by atoms with van der Waals surface area (Å²) in [7, 11) is 0. The van der Waals surface area contributed by atoms with Gasteiger partial charge in [0.05, 0.1) is 34.6 Å². The Balaban J connectivity index is 1.45. The number of hydrogen-bond acceptors (Lipinski definition) is 5. The van der Waals surface area contributed by atoms with E-state index in [9.17, 15) is 13.6 Å². The third-order valence-corrected chi connectivity index (χ3v) is 6.27. The number of piperidine rings is 2. The summed E-state index contributed by atoms with van der Waals surface area (Å²) >= 11 is 5.90. The summed E-state index contributed by atoms with van der Waals surface area (Å²) in [5, 5.41) is 0.515. The Morgan fingerprint density at radius 2 is 1.88 bits per heavy atom. The van der Waals surface area contributed by atoms with E-state index < -0.39 is 11.6 Å². The third kappa shape index (κ3) is 3.90. The number of benzene rings is 1. The fraction of sp³-hybridized carbons (Fsp3) is 0.304. The van der Waals surface area contributed by atoms with E-state index in [1.807, 2.05) is 0 Å². The predicted octanol–water partition coefficient (Wildman–Crippen LogP) is 4.54. The number of hydrogen-bond donors (Lipinski definition) is 0. The van der Waals surface area contributed by atoms with Crippen LogP contribution in [0.5, 0.6) is 5.88 Å². The van der Waals surface area contributed by atoms with Gasteiger partial charge in [-0.2, -0.15) is 0 Å². The zero-order valence-electron chi connectivity index (χ0n) is 16.9. The van der Waals surface area contributed by atoms with E-state index in [1.54, 1.807) is 23.1 Å². The fourth-order valence-electron chi connectivity index (χ4n) is 4.60. The van der Waals surface area contributed by atoms with Crippen LogP contribution in [0.1, 0.15) is 29.6 Å². The number of ether oxygens (including phenoxy) is 1. The number of nitrogens with zero attached hydrogens (tertiary/aromatic N) is 4. The van der Waals surface area contributed by atoms with Crippen molar-refractivity contribution >= 4 is 17.5 Å². The molecule has 2 aromatic heterocycles. The highest BCUT2D eigenvalue weighted by molar-refractivity contribution is 6.30. The number of halogens is 3. The van der Waals surface area contributed by atoms with Crippen LogP contribution in [0.2, 0.25) is 5.02 Å². The summed E-state index contributed by atoms with van der Waals surface area (Å²) in [6.07, 6.45) is 5.80. The van der Waals surface area contributed by atoms with Gasteiger partial charge in [-0.1, -0.05) is 17.7 Å². The molecule has 3 aromatic rings. The molecule has 3 atom stereocenters. The first kappa shape index (κ1) is 20.8. The highest BCUT2D eigenvalue weighted by Gasteiger charge is 2.45. The molecule has 4 heterocycles. The van der Waals surface area contributed by atoms with Gasteiger partial charge in [0, 0.05) is 18.8 Å². The SMILES string of the molecule is O=C(c1cccc(F)c1-c1ncc(F)cn1)N1C[C@@H]2CC[C@H]1[C@H](Oc1ccc(Cl)cn1)C2. The van der Waals surface area contributed by atoms with Crippen LogP contribution in [0.25, 0.3) is 11.4 Å². The highest BCUT2D eigenvalue weighted by atomic mass is 35.5. The Hall–Kier alpha value is -3.13. The summed E-state index contributed by atoms with van der Waals surface area (Å²) in [6.45, 7) is 0.567. The fourth-order valence-corrected chi connectivity index (χ4v) is 4.72. The van der Waals surface area contributed by atoms with Crippen LogP contribution in [0.4, 0.5) is 8.78 Å². The lowest BCUT2D eigenvalue weighted by atomic mass is 9.77. The quantitative estimate of drug-likeness (QED) is 0.576. The third-order valence-electron chi connectivity index (χ3n) is 6.04. The van der Waals surface area contributed by atoms with Crippen molar-refractivity contribution in [3.05, 3.63) is 71.1 Å². The van der Waals surface area contributed by atoms with Crippen molar-refractivity contribution in [1.29, 1.82) is 0 Å². The molecule has 6 rings (SSSR count). The molecule has 1 aromatic carbocycles. The Labute approximate surface area is 188 Å². The van der Waals surface area contributed by atoms with E-state index in [4.69, 9.17) is 16.3 Å². The number of rotatable bonds is 4. The Kier molecular flexibility index (Phi) is 5.46. The van der Waals surface area contributed by atoms with Gasteiger partial charge in [-0.25, -0.2) is 23.7 Å². The van der Waals surface area contributed by atoms with Crippen molar-refractivity contribution in [3.63, 3.8) is 0 Å². The van der Waals surface area contributed by atoms with Crippen molar-refractivity contribution in [2.24, 2.45) is 5.92 Å². The maximum atomic E-state index is 14.8. The molecule has 1 aliphatic carbocycles. The minimum Gasteiger partial charge on any atom is -0.472 e. The van der Waals surface area contributed by atoms with Gasteiger partial charge < -0.3 is 9.64 Å². The minimum atomic E-state index is -0.637. The first-order valence-electron chi connectivity index (χ1n) is 10.3. The summed E-state index contributed by atoms with van der Waals surface area (Å²) in [4.78, 5) is 27.3. The van der Waals surface area contributed by atoms with E-state index >= 15 is 0 Å². The number of fused-ring (bicyclic) bond motifs is 3. The number of carbonyl (C=O) groups excluding carboxylic acids is 1. The van der Waals surface area contributed by atoms with Crippen molar-refractivity contribution in [2.75, 3.05) is 6.54 Å². The van der Waals surface area contributed by atoms with Gasteiger partial charge in [-0.15, -0.1) is 0 Å². The topological polar surface area (TPSA) is 68.2 Å². The summed E-state index contributed by atoms with van der Waals surface area (Å²) in [6, 6.07) is 7.49. The van der Waals surface area contributed by atoms with Crippen LogP contribution in [0, 0.1) is 17.6 Å². The van der Waals surface area contributed by atoms with Crippen LogP contribution >= 0.6 is 11.6 Å². The second kappa shape index (κ2) is 8.43.